The lowest BCUT2D eigenvalue weighted by Gasteiger charge is -2.12. The number of hydrazone groups is 1. The van der Waals surface area contributed by atoms with Gasteiger partial charge in [0.1, 0.15) is 0 Å². The molecule has 0 atom stereocenters. The molecule has 0 unspecified atom stereocenters. The van der Waals surface area contributed by atoms with E-state index in [1.165, 1.54) is 5.56 Å². The maximum Gasteiger partial charge on any atom is 0.191 e. The van der Waals surface area contributed by atoms with Gasteiger partial charge in [-0.05, 0) is 62.8 Å². The van der Waals surface area contributed by atoms with Crippen molar-refractivity contribution in [2.75, 3.05) is 19.5 Å². The van der Waals surface area contributed by atoms with Gasteiger partial charge in [-0.15, -0.1) is 0 Å². The molecule has 0 fully saturated rings. The molecule has 0 bridgehead atoms. The Balaban J connectivity index is 2.06. The number of aryl methyl sites for hydroxylation is 2. The standard InChI is InChI=1S/C19H23N3O2S/c1-12-6-8-16(13(2)10-12)20-19(25)22-21-14(3)15-7-9-17(23-4)18(11-15)24-5/h6-11H,1-5H3,(H2,20,22,25)/b21-14-. The first-order valence-corrected chi connectivity index (χ1v) is 8.26. The van der Waals surface area contributed by atoms with Gasteiger partial charge < -0.3 is 14.8 Å². The van der Waals surface area contributed by atoms with Crippen LogP contribution in [0.5, 0.6) is 11.5 Å². The van der Waals surface area contributed by atoms with Crippen LogP contribution in [0.25, 0.3) is 0 Å². The van der Waals surface area contributed by atoms with Gasteiger partial charge in [-0.2, -0.15) is 5.10 Å². The quantitative estimate of drug-likeness (QED) is 0.481. The molecule has 132 valence electrons. The molecule has 0 spiro atoms. The molecule has 0 amide bonds. The van der Waals surface area contributed by atoms with Crippen molar-refractivity contribution >= 4 is 28.7 Å². The van der Waals surface area contributed by atoms with E-state index in [9.17, 15) is 0 Å². The van der Waals surface area contributed by atoms with Crippen LogP contribution in [0, 0.1) is 13.8 Å². The van der Waals surface area contributed by atoms with E-state index in [1.807, 2.05) is 44.2 Å². The first-order valence-electron chi connectivity index (χ1n) is 7.85. The van der Waals surface area contributed by atoms with Gasteiger partial charge >= 0.3 is 0 Å². The van der Waals surface area contributed by atoms with Crippen LogP contribution in [0.4, 0.5) is 5.69 Å². The van der Waals surface area contributed by atoms with Crippen molar-refractivity contribution in [3.05, 3.63) is 53.1 Å². The van der Waals surface area contributed by atoms with Crippen molar-refractivity contribution in [1.29, 1.82) is 0 Å². The fraction of sp³-hybridized carbons (Fsp3) is 0.263. The molecule has 0 heterocycles. The number of nitrogens with one attached hydrogen (secondary N) is 2. The molecule has 0 radical (unpaired) electrons. The first kappa shape index (κ1) is 18.7. The Morgan fingerprint density at radius 2 is 1.72 bits per heavy atom. The molecule has 2 rings (SSSR count). The summed E-state index contributed by atoms with van der Waals surface area (Å²) in [4.78, 5) is 0. The second kappa shape index (κ2) is 8.48. The van der Waals surface area contributed by atoms with Gasteiger partial charge in [0.25, 0.3) is 0 Å². The van der Waals surface area contributed by atoms with E-state index in [-0.39, 0.29) is 0 Å². The van der Waals surface area contributed by atoms with Crippen LogP contribution in [0.3, 0.4) is 0 Å². The Morgan fingerprint density at radius 1 is 1.00 bits per heavy atom. The summed E-state index contributed by atoms with van der Waals surface area (Å²) in [6, 6.07) is 11.8. The van der Waals surface area contributed by atoms with Crippen molar-refractivity contribution in [2.45, 2.75) is 20.8 Å². The van der Waals surface area contributed by atoms with E-state index < -0.39 is 0 Å². The number of rotatable bonds is 5. The fourth-order valence-corrected chi connectivity index (χ4v) is 2.52. The Labute approximate surface area is 154 Å². The Bertz CT molecular complexity index is 803. The van der Waals surface area contributed by atoms with Crippen LogP contribution >= 0.6 is 12.2 Å². The highest BCUT2D eigenvalue weighted by molar-refractivity contribution is 7.80. The zero-order chi connectivity index (χ0) is 18.4. The zero-order valence-electron chi connectivity index (χ0n) is 15.1. The molecule has 0 aliphatic carbocycles. The van der Waals surface area contributed by atoms with Gasteiger partial charge in [0.05, 0.1) is 19.9 Å². The molecule has 2 aromatic rings. The maximum absolute atomic E-state index is 5.32. The van der Waals surface area contributed by atoms with E-state index in [0.717, 1.165) is 22.5 Å². The summed E-state index contributed by atoms with van der Waals surface area (Å²) in [5, 5.41) is 7.93. The zero-order valence-corrected chi connectivity index (χ0v) is 16.0. The molecule has 0 saturated heterocycles. The summed E-state index contributed by atoms with van der Waals surface area (Å²) in [5.41, 5.74) is 7.87. The summed E-state index contributed by atoms with van der Waals surface area (Å²) >= 11 is 5.31. The lowest BCUT2D eigenvalue weighted by atomic mass is 10.1. The van der Waals surface area contributed by atoms with E-state index in [0.29, 0.717) is 16.6 Å². The summed E-state index contributed by atoms with van der Waals surface area (Å²) in [7, 11) is 3.21. The number of hydrogen-bond donors (Lipinski definition) is 2. The van der Waals surface area contributed by atoms with E-state index in [1.54, 1.807) is 14.2 Å². The molecule has 0 aliphatic heterocycles. The van der Waals surface area contributed by atoms with Crippen LogP contribution in [0.2, 0.25) is 0 Å². The van der Waals surface area contributed by atoms with Crippen molar-refractivity contribution < 1.29 is 9.47 Å². The van der Waals surface area contributed by atoms with Crippen LogP contribution in [0.15, 0.2) is 41.5 Å². The summed E-state index contributed by atoms with van der Waals surface area (Å²) in [6.45, 7) is 5.99. The van der Waals surface area contributed by atoms with Gasteiger partial charge in [0.2, 0.25) is 0 Å². The van der Waals surface area contributed by atoms with Crippen LogP contribution in [-0.4, -0.2) is 25.0 Å². The third kappa shape index (κ3) is 4.93. The van der Waals surface area contributed by atoms with Gasteiger partial charge in [-0.25, -0.2) is 0 Å². The van der Waals surface area contributed by atoms with Crippen molar-refractivity contribution in [2.24, 2.45) is 5.10 Å². The molecule has 0 aliphatic rings. The molecule has 6 heteroatoms. The highest BCUT2D eigenvalue weighted by atomic mass is 32.1. The van der Waals surface area contributed by atoms with Gasteiger partial charge in [0, 0.05) is 11.3 Å². The highest BCUT2D eigenvalue weighted by Crippen LogP contribution is 2.27. The second-order valence-corrected chi connectivity index (χ2v) is 6.06. The number of thiocarbonyl (C=S) groups is 1. The molecular weight excluding hydrogens is 334 g/mol. The van der Waals surface area contributed by atoms with Crippen molar-refractivity contribution in [3.63, 3.8) is 0 Å². The lowest BCUT2D eigenvalue weighted by Crippen LogP contribution is -2.25. The molecular formula is C19H23N3O2S. The normalized spacial score (nSPS) is 11.0. The molecule has 0 saturated carbocycles. The summed E-state index contributed by atoms with van der Waals surface area (Å²) in [5.74, 6) is 1.34. The van der Waals surface area contributed by atoms with Crippen LogP contribution < -0.4 is 20.2 Å². The smallest absolute Gasteiger partial charge is 0.191 e. The van der Waals surface area contributed by atoms with Gasteiger partial charge in [0.15, 0.2) is 16.6 Å². The Hall–Kier alpha value is -2.60. The molecule has 2 aromatic carbocycles. The number of hydrogen-bond acceptors (Lipinski definition) is 4. The average Bonchev–Trinajstić information content (AvgIpc) is 2.61. The third-order valence-electron chi connectivity index (χ3n) is 3.76. The number of methoxy groups -OCH3 is 2. The summed E-state index contributed by atoms with van der Waals surface area (Å²) in [6.07, 6.45) is 0. The fourth-order valence-electron chi connectivity index (χ4n) is 2.36. The SMILES string of the molecule is COc1ccc(/C(C)=N\NC(=S)Nc2ccc(C)cc2C)cc1OC. The monoisotopic (exact) mass is 357 g/mol. The molecule has 25 heavy (non-hydrogen) atoms. The van der Waals surface area contributed by atoms with Gasteiger partial charge in [-0.1, -0.05) is 17.7 Å². The number of nitrogens with zero attached hydrogens (tertiary/aromatic N) is 1. The number of ether oxygens (including phenoxy) is 2. The van der Waals surface area contributed by atoms with Crippen LogP contribution in [-0.2, 0) is 0 Å². The highest BCUT2D eigenvalue weighted by Gasteiger charge is 2.07. The minimum absolute atomic E-state index is 0.437. The molecule has 0 aromatic heterocycles. The van der Waals surface area contributed by atoms with Crippen molar-refractivity contribution in [3.8, 4) is 11.5 Å². The minimum atomic E-state index is 0.437. The van der Waals surface area contributed by atoms with E-state index >= 15 is 0 Å². The maximum atomic E-state index is 5.32. The number of anilines is 1. The Kier molecular flexibility index (Phi) is 6.36. The third-order valence-corrected chi connectivity index (χ3v) is 3.95. The predicted octanol–water partition coefficient (Wildman–Crippen LogP) is 4.03. The molecule has 2 N–H and O–H groups in total. The predicted molar refractivity (Wildman–Crippen MR) is 107 cm³/mol. The average molecular weight is 357 g/mol. The van der Waals surface area contributed by atoms with Crippen LogP contribution in [0.1, 0.15) is 23.6 Å². The van der Waals surface area contributed by atoms with E-state index in [2.05, 4.69) is 28.8 Å². The van der Waals surface area contributed by atoms with Crippen molar-refractivity contribution in [1.82, 2.24) is 5.43 Å². The second-order valence-electron chi connectivity index (χ2n) is 5.65. The Morgan fingerprint density at radius 3 is 2.36 bits per heavy atom. The summed E-state index contributed by atoms with van der Waals surface area (Å²) < 4.78 is 10.6. The topological polar surface area (TPSA) is 54.9 Å². The van der Waals surface area contributed by atoms with E-state index in [4.69, 9.17) is 21.7 Å². The minimum Gasteiger partial charge on any atom is -0.493 e. The van der Waals surface area contributed by atoms with Gasteiger partial charge in [-0.3, -0.25) is 5.43 Å². The molecule has 5 nitrogen and oxygen atoms in total. The number of benzene rings is 2. The first-order chi connectivity index (χ1) is 11.9. The largest absolute Gasteiger partial charge is 0.493 e. The lowest BCUT2D eigenvalue weighted by molar-refractivity contribution is 0.355.